The van der Waals surface area contributed by atoms with Crippen LogP contribution in [-0.4, -0.2) is 86.3 Å². The van der Waals surface area contributed by atoms with Gasteiger partial charge in [0.25, 0.3) is 0 Å². The smallest absolute Gasteiger partial charge is 0.186 e. The Balaban J connectivity index is 1.26. The average molecular weight is 569 g/mol. The van der Waals surface area contributed by atoms with Gasteiger partial charge in [-0.3, -0.25) is 0 Å². The van der Waals surface area contributed by atoms with E-state index in [4.69, 9.17) is 9.47 Å². The molecule has 0 radical (unpaired) electrons. The molecule has 1 saturated heterocycles. The monoisotopic (exact) mass is 568 g/mol. The molecule has 8 heteroatoms. The normalized spacial score (nSPS) is 52.5. The Bertz CT molecular complexity index is 870. The predicted octanol–water partition coefficient (Wildman–Crippen LogP) is 2.84. The minimum Gasteiger partial charge on any atom is -0.393 e. The van der Waals surface area contributed by atoms with Crippen LogP contribution in [-0.2, 0) is 9.47 Å². The molecule has 0 aromatic heterocycles. The molecule has 1 heterocycles. The zero-order valence-corrected chi connectivity index (χ0v) is 25.2. The highest BCUT2D eigenvalue weighted by Crippen LogP contribution is 2.68. The Morgan fingerprint density at radius 2 is 1.48 bits per heavy atom. The van der Waals surface area contributed by atoms with Crippen molar-refractivity contribution in [2.45, 2.75) is 141 Å². The van der Waals surface area contributed by atoms with Crippen molar-refractivity contribution in [2.75, 3.05) is 6.61 Å². The molecular weight excluding hydrogens is 512 g/mol. The number of aliphatic hydroxyl groups is 6. The summed E-state index contributed by atoms with van der Waals surface area (Å²) in [7, 11) is 0. The molecule has 4 saturated carbocycles. The lowest BCUT2D eigenvalue weighted by Crippen LogP contribution is -2.59. The van der Waals surface area contributed by atoms with E-state index < -0.39 is 30.7 Å². The van der Waals surface area contributed by atoms with Crippen molar-refractivity contribution in [3.8, 4) is 0 Å². The van der Waals surface area contributed by atoms with E-state index in [9.17, 15) is 30.6 Å². The van der Waals surface area contributed by atoms with Crippen LogP contribution in [0.5, 0.6) is 0 Å². The fraction of sp³-hybridized carbons (Fsp3) is 1.00. The molecule has 232 valence electrons. The van der Waals surface area contributed by atoms with Gasteiger partial charge in [0.1, 0.15) is 18.3 Å². The quantitative estimate of drug-likeness (QED) is 0.276. The van der Waals surface area contributed by atoms with Crippen LogP contribution >= 0.6 is 0 Å². The van der Waals surface area contributed by atoms with Crippen molar-refractivity contribution in [1.29, 1.82) is 0 Å². The highest BCUT2D eigenvalue weighted by molar-refractivity contribution is 5.13. The van der Waals surface area contributed by atoms with E-state index >= 15 is 0 Å². The van der Waals surface area contributed by atoms with Gasteiger partial charge in [-0.05, 0) is 110 Å². The maximum Gasteiger partial charge on any atom is 0.186 e. The molecule has 1 aliphatic heterocycles. The van der Waals surface area contributed by atoms with Gasteiger partial charge in [0.15, 0.2) is 6.29 Å². The van der Waals surface area contributed by atoms with E-state index in [2.05, 4.69) is 34.6 Å². The fourth-order valence-electron chi connectivity index (χ4n) is 10.5. The second kappa shape index (κ2) is 11.6. The Morgan fingerprint density at radius 3 is 2.17 bits per heavy atom. The van der Waals surface area contributed by atoms with Crippen LogP contribution in [0.3, 0.4) is 0 Å². The summed E-state index contributed by atoms with van der Waals surface area (Å²) in [4.78, 5) is 0. The van der Waals surface area contributed by atoms with Crippen molar-refractivity contribution < 1.29 is 40.1 Å². The van der Waals surface area contributed by atoms with Crippen LogP contribution in [0.15, 0.2) is 0 Å². The van der Waals surface area contributed by atoms with Gasteiger partial charge in [-0.1, -0.05) is 34.6 Å². The summed E-state index contributed by atoms with van der Waals surface area (Å²) in [5, 5.41) is 63.5. The minimum atomic E-state index is -1.29. The van der Waals surface area contributed by atoms with Crippen molar-refractivity contribution in [3.05, 3.63) is 0 Å². The molecule has 5 fully saturated rings. The third kappa shape index (κ3) is 5.31. The fourth-order valence-corrected chi connectivity index (χ4v) is 10.5. The minimum absolute atomic E-state index is 0.0220. The highest BCUT2D eigenvalue weighted by Gasteiger charge is 2.64. The van der Waals surface area contributed by atoms with Gasteiger partial charge in [-0.25, -0.2) is 0 Å². The first-order valence-corrected chi connectivity index (χ1v) is 16.1. The van der Waals surface area contributed by atoms with Crippen molar-refractivity contribution >= 4 is 0 Å². The Labute approximate surface area is 240 Å². The van der Waals surface area contributed by atoms with Crippen molar-refractivity contribution in [3.63, 3.8) is 0 Å². The molecule has 0 spiro atoms. The second-order valence-electron chi connectivity index (χ2n) is 15.3. The zero-order valence-electron chi connectivity index (χ0n) is 25.2. The molecule has 8 nitrogen and oxygen atoms in total. The largest absolute Gasteiger partial charge is 0.393 e. The summed E-state index contributed by atoms with van der Waals surface area (Å²) in [6.45, 7) is 11.1. The van der Waals surface area contributed by atoms with Crippen LogP contribution in [0.2, 0.25) is 0 Å². The summed E-state index contributed by atoms with van der Waals surface area (Å²) in [6.07, 6.45) is 2.05. The number of ether oxygens (including phenoxy) is 2. The van der Waals surface area contributed by atoms with Crippen molar-refractivity contribution in [2.24, 2.45) is 52.3 Å². The topological polar surface area (TPSA) is 140 Å². The molecule has 5 rings (SSSR count). The molecule has 4 aliphatic carbocycles. The first-order chi connectivity index (χ1) is 18.8. The molecule has 16 atom stereocenters. The van der Waals surface area contributed by atoms with E-state index in [1.165, 1.54) is 0 Å². The average Bonchev–Trinajstić information content (AvgIpc) is 3.17. The molecule has 0 aromatic rings. The number of fused-ring (bicyclic) bond motifs is 5. The van der Waals surface area contributed by atoms with Gasteiger partial charge in [0, 0.05) is 0 Å². The summed E-state index contributed by atoms with van der Waals surface area (Å²) >= 11 is 0. The van der Waals surface area contributed by atoms with E-state index in [1.807, 2.05) is 0 Å². The SMILES string of the molecule is CC(C)[C@H](CC[C@@H](C)[C@H]1C[C@@H](O)C2[C@@H]3C[C@H](O)[C@H]4C[C@@H](O)CC[C@]4(C)[C@H]3CC[C@@]21C)O[C@@H]1OC[C@@H](O)[C@H](O)[C@H]1O. The van der Waals surface area contributed by atoms with E-state index in [-0.39, 0.29) is 53.5 Å². The van der Waals surface area contributed by atoms with Gasteiger partial charge >= 0.3 is 0 Å². The standard InChI is InChI=1S/C32H56O8/c1-16(2)26(40-30-29(38)28(37)25(36)15-39-30)7-6-17(3)21-14-24(35)27-19-13-23(34)22-12-18(33)8-10-31(22,4)20(19)9-11-32(21,27)5/h16-30,33-38H,6-15H2,1-5H3/t17-,18+,19-,20+,21-,22-,23+,24-,25-,26+,27?,28+,29-,30+,31-,32-/m1/s1. The van der Waals surface area contributed by atoms with Gasteiger partial charge < -0.3 is 40.1 Å². The molecule has 1 unspecified atom stereocenters. The molecular formula is C32H56O8. The van der Waals surface area contributed by atoms with Gasteiger partial charge in [-0.2, -0.15) is 0 Å². The first-order valence-electron chi connectivity index (χ1n) is 16.1. The molecule has 0 bridgehead atoms. The number of hydrogen-bond donors (Lipinski definition) is 6. The van der Waals surface area contributed by atoms with Crippen LogP contribution < -0.4 is 0 Å². The molecule has 6 N–H and O–H groups in total. The highest BCUT2D eigenvalue weighted by atomic mass is 16.7. The third-order valence-electron chi connectivity index (χ3n) is 12.8. The lowest BCUT2D eigenvalue weighted by Gasteiger charge is -2.62. The molecule has 0 aromatic carbocycles. The number of hydrogen-bond acceptors (Lipinski definition) is 8. The van der Waals surface area contributed by atoms with Gasteiger partial charge in [-0.15, -0.1) is 0 Å². The zero-order chi connectivity index (χ0) is 29.1. The van der Waals surface area contributed by atoms with E-state index in [0.717, 1.165) is 51.4 Å². The maximum absolute atomic E-state index is 11.6. The maximum atomic E-state index is 11.6. The Kier molecular flexibility index (Phi) is 9.06. The molecule has 5 aliphatic rings. The Hall–Kier alpha value is -0.320. The summed E-state index contributed by atoms with van der Waals surface area (Å²) in [5.41, 5.74) is 0.0533. The molecule has 0 amide bonds. The number of rotatable bonds is 7. The summed E-state index contributed by atoms with van der Waals surface area (Å²) in [6, 6.07) is 0. The Morgan fingerprint density at radius 1 is 0.775 bits per heavy atom. The lowest BCUT2D eigenvalue weighted by atomic mass is 9.43. The second-order valence-corrected chi connectivity index (χ2v) is 15.3. The van der Waals surface area contributed by atoms with E-state index in [0.29, 0.717) is 30.1 Å². The first kappa shape index (κ1) is 31.1. The summed E-state index contributed by atoms with van der Waals surface area (Å²) < 4.78 is 11.7. The van der Waals surface area contributed by atoms with E-state index in [1.54, 1.807) is 0 Å². The number of aliphatic hydroxyl groups excluding tert-OH is 6. The van der Waals surface area contributed by atoms with Crippen LogP contribution in [0.4, 0.5) is 0 Å². The van der Waals surface area contributed by atoms with Crippen molar-refractivity contribution in [1.82, 2.24) is 0 Å². The van der Waals surface area contributed by atoms with Crippen LogP contribution in [0.1, 0.15) is 92.4 Å². The van der Waals surface area contributed by atoms with Gasteiger partial charge in [0.2, 0.25) is 0 Å². The van der Waals surface area contributed by atoms with Gasteiger partial charge in [0.05, 0.1) is 31.0 Å². The van der Waals surface area contributed by atoms with Crippen LogP contribution in [0, 0.1) is 52.3 Å². The third-order valence-corrected chi connectivity index (χ3v) is 12.8. The predicted molar refractivity (Wildman–Crippen MR) is 150 cm³/mol. The summed E-state index contributed by atoms with van der Waals surface area (Å²) in [5.74, 6) is 2.09. The molecule has 40 heavy (non-hydrogen) atoms. The lowest BCUT2D eigenvalue weighted by molar-refractivity contribution is -0.286. The van der Waals surface area contributed by atoms with Crippen LogP contribution in [0.25, 0.3) is 0 Å².